The number of carbonyl (C=O) groups excluding carboxylic acids is 1. The number of aryl methyl sites for hydroxylation is 1. The number of nitrogen functional groups attached to an aromatic ring is 1. The van der Waals surface area contributed by atoms with Crippen LogP contribution in [0.4, 0.5) is 19.1 Å². The van der Waals surface area contributed by atoms with Crippen molar-refractivity contribution in [3.63, 3.8) is 0 Å². The number of thiophene rings is 1. The Balaban J connectivity index is 1.79. The molecule has 5 nitrogen and oxygen atoms in total. The summed E-state index contributed by atoms with van der Waals surface area (Å²) >= 11 is 1.42. The molecule has 0 atom stereocenters. The summed E-state index contributed by atoms with van der Waals surface area (Å²) in [6.07, 6.45) is -4.44. The van der Waals surface area contributed by atoms with Crippen LogP contribution >= 0.6 is 11.3 Å². The lowest BCUT2D eigenvalue weighted by Crippen LogP contribution is -2.24. The summed E-state index contributed by atoms with van der Waals surface area (Å²) in [5.74, 6) is -0.713. The van der Waals surface area contributed by atoms with Gasteiger partial charge < -0.3 is 15.6 Å². The highest BCUT2D eigenvalue weighted by Crippen LogP contribution is 2.32. The number of carbonyl (C=O) groups is 1. The smallest absolute Gasteiger partial charge is 0.367 e. The molecule has 2 aromatic heterocycles. The van der Waals surface area contributed by atoms with Gasteiger partial charge >= 0.3 is 6.18 Å². The first-order valence-corrected chi connectivity index (χ1v) is 8.33. The molecule has 0 saturated heterocycles. The van der Waals surface area contributed by atoms with Crippen molar-refractivity contribution in [1.29, 1.82) is 0 Å². The molecule has 26 heavy (non-hydrogen) atoms. The SMILES string of the molecule is Cc1ccc(-c2noc(N)c2C(=O)NCc2cccc(C(F)(F)F)c2)s1. The molecule has 1 amide bonds. The standard InChI is InChI=1S/C17H14F3N3O2S/c1-9-5-6-12(26-9)14-13(15(21)25-23-14)16(24)22-8-10-3-2-4-11(7-10)17(18,19)20/h2-7H,8,21H2,1H3,(H,22,24). The van der Waals surface area contributed by atoms with Gasteiger partial charge in [-0.2, -0.15) is 13.2 Å². The highest BCUT2D eigenvalue weighted by Gasteiger charge is 2.30. The van der Waals surface area contributed by atoms with Crippen LogP contribution < -0.4 is 11.1 Å². The average Bonchev–Trinajstić information content (AvgIpc) is 3.18. The van der Waals surface area contributed by atoms with E-state index in [9.17, 15) is 18.0 Å². The maximum absolute atomic E-state index is 12.8. The maximum Gasteiger partial charge on any atom is 0.416 e. The van der Waals surface area contributed by atoms with E-state index in [0.29, 0.717) is 16.1 Å². The molecule has 3 rings (SSSR count). The van der Waals surface area contributed by atoms with E-state index in [4.69, 9.17) is 10.3 Å². The number of alkyl halides is 3. The molecular weight excluding hydrogens is 367 g/mol. The minimum Gasteiger partial charge on any atom is -0.367 e. The Morgan fingerprint density at radius 1 is 1.31 bits per heavy atom. The summed E-state index contributed by atoms with van der Waals surface area (Å²) < 4.78 is 43.2. The third kappa shape index (κ3) is 3.72. The van der Waals surface area contributed by atoms with Crippen LogP contribution in [-0.4, -0.2) is 11.1 Å². The first kappa shape index (κ1) is 18.0. The van der Waals surface area contributed by atoms with Crippen molar-refractivity contribution in [2.75, 3.05) is 5.73 Å². The topological polar surface area (TPSA) is 81.2 Å². The molecule has 0 fully saturated rings. The number of anilines is 1. The van der Waals surface area contributed by atoms with E-state index in [0.717, 1.165) is 17.0 Å². The molecule has 0 bridgehead atoms. The molecule has 0 aliphatic rings. The molecule has 0 saturated carbocycles. The van der Waals surface area contributed by atoms with E-state index >= 15 is 0 Å². The number of hydrogen-bond acceptors (Lipinski definition) is 5. The zero-order chi connectivity index (χ0) is 18.9. The van der Waals surface area contributed by atoms with Crippen LogP contribution in [0.25, 0.3) is 10.6 Å². The zero-order valence-corrected chi connectivity index (χ0v) is 14.4. The number of benzene rings is 1. The maximum atomic E-state index is 12.8. The van der Waals surface area contributed by atoms with E-state index in [1.807, 2.05) is 13.0 Å². The number of rotatable bonds is 4. The van der Waals surface area contributed by atoms with Gasteiger partial charge in [0.2, 0.25) is 5.88 Å². The Morgan fingerprint density at radius 3 is 2.73 bits per heavy atom. The molecular formula is C17H14F3N3O2S. The van der Waals surface area contributed by atoms with Gasteiger partial charge in [0.15, 0.2) is 0 Å². The third-order valence-corrected chi connectivity index (χ3v) is 4.63. The van der Waals surface area contributed by atoms with Crippen LogP contribution in [0, 0.1) is 6.92 Å². The van der Waals surface area contributed by atoms with Crippen LogP contribution in [-0.2, 0) is 12.7 Å². The van der Waals surface area contributed by atoms with Crippen molar-refractivity contribution in [1.82, 2.24) is 10.5 Å². The monoisotopic (exact) mass is 381 g/mol. The molecule has 0 radical (unpaired) electrons. The highest BCUT2D eigenvalue weighted by molar-refractivity contribution is 7.15. The number of hydrogen-bond donors (Lipinski definition) is 2. The number of nitrogens with one attached hydrogen (secondary N) is 1. The lowest BCUT2D eigenvalue weighted by Gasteiger charge is -2.09. The Hall–Kier alpha value is -2.81. The van der Waals surface area contributed by atoms with Gasteiger partial charge in [0.25, 0.3) is 5.91 Å². The van der Waals surface area contributed by atoms with Crippen molar-refractivity contribution in [3.05, 3.63) is 58.0 Å². The summed E-state index contributed by atoms with van der Waals surface area (Å²) in [5, 5.41) is 6.38. The van der Waals surface area contributed by atoms with Crippen LogP contribution in [0.3, 0.4) is 0 Å². The van der Waals surface area contributed by atoms with Crippen LogP contribution in [0.5, 0.6) is 0 Å². The fourth-order valence-electron chi connectivity index (χ4n) is 2.38. The molecule has 1 aromatic carbocycles. The Bertz CT molecular complexity index is 947. The quantitative estimate of drug-likeness (QED) is 0.708. The van der Waals surface area contributed by atoms with Crippen molar-refractivity contribution in [2.45, 2.75) is 19.6 Å². The van der Waals surface area contributed by atoms with Crippen molar-refractivity contribution < 1.29 is 22.5 Å². The van der Waals surface area contributed by atoms with E-state index in [1.54, 1.807) is 6.07 Å². The Kier molecular flexibility index (Phi) is 4.73. The van der Waals surface area contributed by atoms with Gasteiger partial charge in [-0.1, -0.05) is 17.3 Å². The van der Waals surface area contributed by atoms with E-state index in [2.05, 4.69) is 10.5 Å². The molecule has 3 N–H and O–H groups in total. The molecule has 0 aliphatic heterocycles. The summed E-state index contributed by atoms with van der Waals surface area (Å²) in [6, 6.07) is 8.41. The molecule has 0 unspecified atom stereocenters. The average molecular weight is 381 g/mol. The Labute approximate surface area is 150 Å². The van der Waals surface area contributed by atoms with Gasteiger partial charge in [-0.25, -0.2) is 0 Å². The second-order valence-corrected chi connectivity index (χ2v) is 6.85. The van der Waals surface area contributed by atoms with E-state index in [-0.39, 0.29) is 18.0 Å². The second-order valence-electron chi connectivity index (χ2n) is 5.56. The summed E-state index contributed by atoms with van der Waals surface area (Å²) in [6.45, 7) is 1.82. The first-order chi connectivity index (χ1) is 12.3. The highest BCUT2D eigenvalue weighted by atomic mass is 32.1. The molecule has 0 aliphatic carbocycles. The lowest BCUT2D eigenvalue weighted by molar-refractivity contribution is -0.137. The van der Waals surface area contributed by atoms with Crippen molar-refractivity contribution in [2.24, 2.45) is 0 Å². The summed E-state index contributed by atoms with van der Waals surface area (Å²) in [4.78, 5) is 14.2. The number of amides is 1. The van der Waals surface area contributed by atoms with Gasteiger partial charge in [0.05, 0.1) is 10.4 Å². The Morgan fingerprint density at radius 2 is 2.08 bits per heavy atom. The van der Waals surface area contributed by atoms with E-state index in [1.165, 1.54) is 23.5 Å². The van der Waals surface area contributed by atoms with Crippen LogP contribution in [0.15, 0.2) is 40.9 Å². The van der Waals surface area contributed by atoms with Crippen molar-refractivity contribution in [3.8, 4) is 10.6 Å². The largest absolute Gasteiger partial charge is 0.416 e. The summed E-state index contributed by atoms with van der Waals surface area (Å²) in [5.41, 5.74) is 5.62. The van der Waals surface area contributed by atoms with Gasteiger partial charge in [-0.15, -0.1) is 11.3 Å². The zero-order valence-electron chi connectivity index (χ0n) is 13.6. The second kappa shape index (κ2) is 6.83. The lowest BCUT2D eigenvalue weighted by atomic mass is 10.1. The molecule has 0 spiro atoms. The predicted molar refractivity (Wildman–Crippen MR) is 91.6 cm³/mol. The number of nitrogens with two attached hydrogens (primary N) is 1. The minimum atomic E-state index is -4.44. The van der Waals surface area contributed by atoms with Gasteiger partial charge in [-0.3, -0.25) is 4.79 Å². The third-order valence-electron chi connectivity index (χ3n) is 3.63. The van der Waals surface area contributed by atoms with Crippen LogP contribution in [0.1, 0.15) is 26.4 Å². The van der Waals surface area contributed by atoms with Gasteiger partial charge in [0, 0.05) is 11.4 Å². The molecule has 3 aromatic rings. The fourth-order valence-corrected chi connectivity index (χ4v) is 3.24. The van der Waals surface area contributed by atoms with Crippen molar-refractivity contribution >= 4 is 23.1 Å². The molecule has 2 heterocycles. The molecule has 136 valence electrons. The van der Waals surface area contributed by atoms with E-state index < -0.39 is 17.6 Å². The fraction of sp³-hybridized carbons (Fsp3) is 0.176. The summed E-state index contributed by atoms with van der Waals surface area (Å²) in [7, 11) is 0. The van der Waals surface area contributed by atoms with Gasteiger partial charge in [0.1, 0.15) is 11.3 Å². The number of aromatic nitrogens is 1. The predicted octanol–water partition coefficient (Wildman–Crippen LogP) is 4.24. The van der Waals surface area contributed by atoms with Crippen LogP contribution in [0.2, 0.25) is 0 Å². The number of halogens is 3. The number of nitrogens with zero attached hydrogens (tertiary/aromatic N) is 1. The normalized spacial score (nSPS) is 11.5. The van der Waals surface area contributed by atoms with Gasteiger partial charge in [-0.05, 0) is 36.8 Å². The first-order valence-electron chi connectivity index (χ1n) is 7.52. The minimum absolute atomic E-state index is 0.0684. The molecule has 9 heteroatoms.